The number of fused-ring (bicyclic) bond motifs is 3. The van der Waals surface area contributed by atoms with Gasteiger partial charge in [0.2, 0.25) is 5.95 Å². The number of aliphatic hydroxyl groups is 1. The van der Waals surface area contributed by atoms with Crippen molar-refractivity contribution < 1.29 is 14.2 Å². The Labute approximate surface area is 214 Å². The van der Waals surface area contributed by atoms with Gasteiger partial charge in [-0.2, -0.15) is 9.61 Å². The summed E-state index contributed by atoms with van der Waals surface area (Å²) in [5, 5.41) is 20.2. The van der Waals surface area contributed by atoms with E-state index >= 15 is 0 Å². The molecule has 1 aliphatic carbocycles. The average Bonchev–Trinajstić information content (AvgIpc) is 3.53. The molecule has 2 atom stereocenters. The van der Waals surface area contributed by atoms with E-state index < -0.39 is 11.4 Å². The first-order chi connectivity index (χ1) is 17.7. The molecule has 2 fully saturated rings. The predicted octanol–water partition coefficient (Wildman–Crippen LogP) is 3.84. The third-order valence-corrected chi connectivity index (χ3v) is 8.16. The van der Waals surface area contributed by atoms with E-state index in [0.29, 0.717) is 34.5 Å². The second kappa shape index (κ2) is 8.83. The van der Waals surface area contributed by atoms with Crippen LogP contribution in [0, 0.1) is 5.82 Å². The first-order valence-electron chi connectivity index (χ1n) is 12.9. The maximum Gasteiger partial charge on any atom is 0.223 e. The summed E-state index contributed by atoms with van der Waals surface area (Å²) < 4.78 is 23.2. The van der Waals surface area contributed by atoms with Gasteiger partial charge in [-0.15, -0.1) is 5.10 Å². The summed E-state index contributed by atoms with van der Waals surface area (Å²) in [7, 11) is 1.42. The van der Waals surface area contributed by atoms with Gasteiger partial charge in [-0.25, -0.2) is 14.4 Å². The fraction of sp³-hybridized carbons (Fsp3) is 0.538. The number of methoxy groups -OCH3 is 1. The Kier molecular flexibility index (Phi) is 5.70. The van der Waals surface area contributed by atoms with Gasteiger partial charge in [0, 0.05) is 36.2 Å². The van der Waals surface area contributed by atoms with E-state index in [-0.39, 0.29) is 17.6 Å². The van der Waals surface area contributed by atoms with Crippen LogP contribution in [-0.4, -0.2) is 59.8 Å². The number of anilines is 2. The van der Waals surface area contributed by atoms with Crippen LogP contribution in [0.2, 0.25) is 0 Å². The maximum absolute atomic E-state index is 14.5. The fourth-order valence-electron chi connectivity index (χ4n) is 5.82. The second-order valence-electron chi connectivity index (χ2n) is 10.9. The van der Waals surface area contributed by atoms with Crippen LogP contribution in [0.1, 0.15) is 70.2 Å². The summed E-state index contributed by atoms with van der Waals surface area (Å²) in [6.45, 7) is 4.89. The SMILES string of the molecule is COc1cc2nc(N)n3nc([C@@H]4CC[C@H](C)N(c5cnn([C@H]6CC[C@](C)(O)CC6)c5)C4)nc3c2cc1F. The molecule has 196 valence electrons. The summed E-state index contributed by atoms with van der Waals surface area (Å²) in [6, 6.07) is 3.58. The monoisotopic (exact) mass is 508 g/mol. The lowest BCUT2D eigenvalue weighted by atomic mass is 9.84. The molecular weight excluding hydrogens is 475 g/mol. The fourth-order valence-corrected chi connectivity index (χ4v) is 5.82. The van der Waals surface area contributed by atoms with Gasteiger partial charge in [-0.1, -0.05) is 0 Å². The summed E-state index contributed by atoms with van der Waals surface area (Å²) in [4.78, 5) is 11.6. The minimum absolute atomic E-state index is 0.0850. The van der Waals surface area contributed by atoms with Crippen molar-refractivity contribution in [1.82, 2.24) is 29.4 Å². The minimum atomic E-state index is -0.565. The molecule has 1 aliphatic heterocycles. The van der Waals surface area contributed by atoms with E-state index in [9.17, 15) is 9.50 Å². The van der Waals surface area contributed by atoms with Crippen molar-refractivity contribution >= 4 is 28.2 Å². The van der Waals surface area contributed by atoms with Gasteiger partial charge in [0.25, 0.3) is 0 Å². The van der Waals surface area contributed by atoms with Gasteiger partial charge in [0.15, 0.2) is 23.0 Å². The molecule has 0 spiro atoms. The zero-order valence-electron chi connectivity index (χ0n) is 21.4. The van der Waals surface area contributed by atoms with Gasteiger partial charge in [-0.3, -0.25) is 4.68 Å². The molecule has 0 bridgehead atoms. The standard InChI is InChI=1S/C26H33FN8O2/c1-15-4-5-16(13-33(15)18-12-29-34(14-18)17-6-8-26(2,36)9-7-17)23-31-24-19-10-20(27)22(37-3)11-21(19)30-25(28)35(24)32-23/h10-12,14-17,36H,4-9,13H2,1-3H3,(H2,28,30)/t15-,16+,17-,26-/m0/s1. The summed E-state index contributed by atoms with van der Waals surface area (Å²) in [5.41, 5.74) is 7.72. The summed E-state index contributed by atoms with van der Waals surface area (Å²) in [5.74, 6) is 0.588. The average molecular weight is 509 g/mol. The number of ether oxygens (including phenoxy) is 1. The third kappa shape index (κ3) is 4.24. The highest BCUT2D eigenvalue weighted by Gasteiger charge is 2.33. The number of benzene rings is 1. The first kappa shape index (κ1) is 23.9. The zero-order valence-corrected chi connectivity index (χ0v) is 21.4. The van der Waals surface area contributed by atoms with Crippen LogP contribution in [0.15, 0.2) is 24.5 Å². The van der Waals surface area contributed by atoms with Crippen LogP contribution in [0.3, 0.4) is 0 Å². The van der Waals surface area contributed by atoms with Crippen molar-refractivity contribution in [3.63, 3.8) is 0 Å². The number of nitrogens with two attached hydrogens (primary N) is 1. The lowest BCUT2D eigenvalue weighted by Crippen LogP contribution is -2.41. The summed E-state index contributed by atoms with van der Waals surface area (Å²) in [6.07, 6.45) is 9.42. The van der Waals surface area contributed by atoms with E-state index in [0.717, 1.165) is 50.8 Å². The quantitative estimate of drug-likeness (QED) is 0.427. The predicted molar refractivity (Wildman–Crippen MR) is 138 cm³/mol. The molecule has 3 aromatic heterocycles. The molecule has 1 saturated carbocycles. The van der Waals surface area contributed by atoms with E-state index in [1.165, 1.54) is 23.8 Å². The topological polar surface area (TPSA) is 120 Å². The van der Waals surface area contributed by atoms with E-state index in [1.807, 2.05) is 13.1 Å². The van der Waals surface area contributed by atoms with Crippen molar-refractivity contribution in [3.8, 4) is 5.75 Å². The van der Waals surface area contributed by atoms with Crippen LogP contribution in [0.5, 0.6) is 5.75 Å². The third-order valence-electron chi connectivity index (χ3n) is 8.16. The lowest BCUT2D eigenvalue weighted by molar-refractivity contribution is 0.00851. The molecule has 6 rings (SSSR count). The molecule has 4 aromatic rings. The Morgan fingerprint density at radius 2 is 1.95 bits per heavy atom. The highest BCUT2D eigenvalue weighted by Crippen LogP contribution is 2.37. The Morgan fingerprint density at radius 3 is 2.70 bits per heavy atom. The van der Waals surface area contributed by atoms with Gasteiger partial charge in [-0.05, 0) is 58.4 Å². The number of halogens is 1. The molecule has 1 aromatic carbocycles. The van der Waals surface area contributed by atoms with Gasteiger partial charge in [0.1, 0.15) is 0 Å². The first-order valence-corrected chi connectivity index (χ1v) is 12.9. The van der Waals surface area contributed by atoms with Crippen LogP contribution < -0.4 is 15.4 Å². The number of nitrogens with zero attached hydrogens (tertiary/aromatic N) is 7. The smallest absolute Gasteiger partial charge is 0.223 e. The van der Waals surface area contributed by atoms with E-state index in [2.05, 4.69) is 32.8 Å². The Morgan fingerprint density at radius 1 is 1.16 bits per heavy atom. The normalized spacial score (nSPS) is 26.7. The van der Waals surface area contributed by atoms with Crippen LogP contribution >= 0.6 is 0 Å². The minimum Gasteiger partial charge on any atom is -0.494 e. The Balaban J connectivity index is 1.28. The molecule has 4 heterocycles. The number of aromatic nitrogens is 6. The van der Waals surface area contributed by atoms with E-state index in [4.69, 9.17) is 20.6 Å². The highest BCUT2D eigenvalue weighted by atomic mass is 19.1. The molecule has 37 heavy (non-hydrogen) atoms. The number of nitrogen functional groups attached to an aromatic ring is 1. The zero-order chi connectivity index (χ0) is 25.9. The molecule has 2 aliphatic rings. The van der Waals surface area contributed by atoms with Crippen molar-refractivity contribution in [2.75, 3.05) is 24.3 Å². The number of piperidine rings is 1. The Hall–Kier alpha value is -3.47. The molecular formula is C26H33FN8O2. The molecule has 0 amide bonds. The Bertz CT molecular complexity index is 1450. The second-order valence-corrected chi connectivity index (χ2v) is 10.9. The van der Waals surface area contributed by atoms with Crippen molar-refractivity contribution in [1.29, 1.82) is 0 Å². The van der Waals surface area contributed by atoms with Gasteiger partial charge < -0.3 is 20.5 Å². The molecule has 10 nitrogen and oxygen atoms in total. The van der Waals surface area contributed by atoms with Crippen LogP contribution in [-0.2, 0) is 0 Å². The van der Waals surface area contributed by atoms with Crippen molar-refractivity contribution in [2.45, 2.75) is 76.0 Å². The van der Waals surface area contributed by atoms with Gasteiger partial charge in [0.05, 0.1) is 36.2 Å². The van der Waals surface area contributed by atoms with Crippen molar-refractivity contribution in [2.24, 2.45) is 0 Å². The highest BCUT2D eigenvalue weighted by molar-refractivity contribution is 5.93. The molecule has 0 unspecified atom stereocenters. The molecule has 11 heteroatoms. The number of hydrogen-bond donors (Lipinski definition) is 2. The summed E-state index contributed by atoms with van der Waals surface area (Å²) >= 11 is 0. The molecule has 3 N–H and O–H groups in total. The van der Waals surface area contributed by atoms with Crippen LogP contribution in [0.25, 0.3) is 16.6 Å². The van der Waals surface area contributed by atoms with Crippen molar-refractivity contribution in [3.05, 3.63) is 36.2 Å². The molecule has 0 radical (unpaired) electrons. The lowest BCUT2D eigenvalue weighted by Gasteiger charge is -2.38. The maximum atomic E-state index is 14.5. The number of rotatable bonds is 4. The largest absolute Gasteiger partial charge is 0.494 e. The molecule has 1 saturated heterocycles. The van der Waals surface area contributed by atoms with E-state index in [1.54, 1.807) is 0 Å². The van der Waals surface area contributed by atoms with Crippen LogP contribution in [0.4, 0.5) is 16.0 Å². The number of hydrogen-bond acceptors (Lipinski definition) is 8. The van der Waals surface area contributed by atoms with Gasteiger partial charge >= 0.3 is 0 Å².